The molecule has 2 aliphatic heterocycles. The van der Waals surface area contributed by atoms with Crippen LogP contribution in [-0.2, 0) is 29.0 Å². The topological polar surface area (TPSA) is 73.6 Å². The van der Waals surface area contributed by atoms with Crippen molar-refractivity contribution in [3.63, 3.8) is 0 Å². The van der Waals surface area contributed by atoms with Gasteiger partial charge in [0.15, 0.2) is 0 Å². The molecular weight excluding hydrogens is 446 g/mol. The lowest BCUT2D eigenvalue weighted by atomic mass is 10.0. The van der Waals surface area contributed by atoms with Crippen molar-refractivity contribution in [1.82, 2.24) is 9.80 Å². The number of carbonyl (C=O) groups is 2. The maximum Gasteiger partial charge on any atom is 0.338 e. The highest BCUT2D eigenvalue weighted by Gasteiger charge is 2.23. The summed E-state index contributed by atoms with van der Waals surface area (Å²) in [7, 11) is 0. The lowest BCUT2D eigenvalue weighted by Crippen LogP contribution is -2.49. The second-order valence-corrected chi connectivity index (χ2v) is 8.50. The van der Waals surface area contributed by atoms with Crippen molar-refractivity contribution in [1.29, 1.82) is 5.26 Å². The Kier molecular flexibility index (Phi) is 6.16. The average molecular weight is 468 g/mol. The molecule has 0 radical (unpaired) electrons. The van der Waals surface area contributed by atoms with Crippen molar-refractivity contribution in [2.45, 2.75) is 19.4 Å². The summed E-state index contributed by atoms with van der Waals surface area (Å²) in [5.41, 5.74) is 4.34. The van der Waals surface area contributed by atoms with Crippen LogP contribution in [0, 0.1) is 11.3 Å². The van der Waals surface area contributed by atoms with Crippen LogP contribution in [0.1, 0.15) is 32.6 Å². The number of nitriles is 1. The second-order valence-electron chi connectivity index (χ2n) is 7.64. The Morgan fingerprint density at radius 2 is 1.87 bits per heavy atom. The third-order valence-electron chi connectivity index (χ3n) is 5.70. The predicted octanol–water partition coefficient (Wildman–Crippen LogP) is 2.92. The number of esters is 1. The molecule has 1 amide bonds. The van der Waals surface area contributed by atoms with Gasteiger partial charge in [0.1, 0.15) is 12.7 Å². The minimum Gasteiger partial charge on any atom is -0.457 e. The number of halogens is 1. The summed E-state index contributed by atoms with van der Waals surface area (Å²) >= 11 is 3.38. The Bertz CT molecular complexity index is 1020. The van der Waals surface area contributed by atoms with Gasteiger partial charge in [-0.2, -0.15) is 5.26 Å². The van der Waals surface area contributed by atoms with E-state index < -0.39 is 0 Å². The van der Waals surface area contributed by atoms with Crippen LogP contribution in [0.25, 0.3) is 0 Å². The van der Waals surface area contributed by atoms with E-state index in [2.05, 4.69) is 33.0 Å². The van der Waals surface area contributed by atoms with Crippen LogP contribution in [0.2, 0.25) is 0 Å². The van der Waals surface area contributed by atoms with E-state index in [4.69, 9.17) is 10.00 Å². The highest BCUT2D eigenvalue weighted by atomic mass is 79.9. The number of fused-ring (bicyclic) bond motifs is 1. The highest BCUT2D eigenvalue weighted by molar-refractivity contribution is 9.10. The van der Waals surface area contributed by atoms with Gasteiger partial charge in [0.25, 0.3) is 0 Å². The third-order valence-corrected chi connectivity index (χ3v) is 6.36. The summed E-state index contributed by atoms with van der Waals surface area (Å²) in [4.78, 5) is 28.5. The first kappa shape index (κ1) is 20.6. The van der Waals surface area contributed by atoms with Crippen molar-refractivity contribution in [2.75, 3.05) is 32.7 Å². The van der Waals surface area contributed by atoms with Crippen molar-refractivity contribution in [3.05, 3.63) is 68.7 Å². The zero-order valence-corrected chi connectivity index (χ0v) is 18.2. The molecule has 7 heteroatoms. The fourth-order valence-corrected chi connectivity index (χ4v) is 4.41. The summed E-state index contributed by atoms with van der Waals surface area (Å²) < 4.78 is 5.79. The summed E-state index contributed by atoms with van der Waals surface area (Å²) in [5, 5.41) is 9.01. The largest absolute Gasteiger partial charge is 0.457 e. The first-order chi connectivity index (χ1) is 14.5. The molecule has 0 unspecified atom stereocenters. The molecule has 2 aromatic carbocycles. The number of carbonyl (C=O) groups excluding carboxylic acids is 2. The van der Waals surface area contributed by atoms with Crippen molar-refractivity contribution < 1.29 is 14.3 Å². The molecule has 154 valence electrons. The molecule has 0 N–H and O–H groups in total. The quantitative estimate of drug-likeness (QED) is 0.632. The molecular formula is C23H22BrN3O3. The molecule has 0 saturated carbocycles. The standard InChI is InChI=1S/C23H22BrN3O3/c24-21-12-17(1-3-18(21)14-25)13-22(28)27-9-7-26(8-10-27)6-5-16-2-4-20-19(11-16)15-30-23(20)29/h1-4,11-12H,5-10,13,15H2. The van der Waals surface area contributed by atoms with Crippen molar-refractivity contribution in [3.8, 4) is 6.07 Å². The highest BCUT2D eigenvalue weighted by Crippen LogP contribution is 2.22. The minimum atomic E-state index is -0.231. The summed E-state index contributed by atoms with van der Waals surface area (Å²) in [5.74, 6) is -0.111. The van der Waals surface area contributed by atoms with Crippen LogP contribution in [-0.4, -0.2) is 54.4 Å². The lowest BCUT2D eigenvalue weighted by Gasteiger charge is -2.35. The smallest absolute Gasteiger partial charge is 0.338 e. The molecule has 2 heterocycles. The summed E-state index contributed by atoms with van der Waals surface area (Å²) in [6.45, 7) is 4.47. The van der Waals surface area contributed by atoms with E-state index in [0.717, 1.165) is 54.7 Å². The van der Waals surface area contributed by atoms with Gasteiger partial charge in [-0.25, -0.2) is 4.79 Å². The van der Waals surface area contributed by atoms with Gasteiger partial charge < -0.3 is 9.64 Å². The molecule has 0 aliphatic carbocycles. The predicted molar refractivity (Wildman–Crippen MR) is 115 cm³/mol. The number of hydrogen-bond donors (Lipinski definition) is 0. The average Bonchev–Trinajstić information content (AvgIpc) is 3.13. The molecule has 0 spiro atoms. The fourth-order valence-electron chi connectivity index (χ4n) is 3.90. The van der Waals surface area contributed by atoms with Gasteiger partial charge in [-0.1, -0.05) is 18.2 Å². The first-order valence-corrected chi connectivity index (χ1v) is 10.8. The fraction of sp³-hybridized carbons (Fsp3) is 0.348. The van der Waals surface area contributed by atoms with Gasteiger partial charge in [0, 0.05) is 42.8 Å². The molecule has 0 bridgehead atoms. The van der Waals surface area contributed by atoms with E-state index in [1.54, 1.807) is 6.07 Å². The van der Waals surface area contributed by atoms with E-state index in [1.807, 2.05) is 29.2 Å². The number of benzene rings is 2. The Labute approximate surface area is 184 Å². The number of ether oxygens (including phenoxy) is 1. The first-order valence-electron chi connectivity index (χ1n) is 10.0. The SMILES string of the molecule is N#Cc1ccc(CC(=O)N2CCN(CCc3ccc4c(c3)COC4=O)CC2)cc1Br. The van der Waals surface area contributed by atoms with Crippen LogP contribution >= 0.6 is 15.9 Å². The molecule has 2 aromatic rings. The van der Waals surface area contributed by atoms with Gasteiger partial charge in [-0.3, -0.25) is 9.69 Å². The molecule has 1 fully saturated rings. The normalized spacial score (nSPS) is 16.1. The van der Waals surface area contributed by atoms with E-state index in [0.29, 0.717) is 24.2 Å². The summed E-state index contributed by atoms with van der Waals surface area (Å²) in [6.07, 6.45) is 1.26. The van der Waals surface area contributed by atoms with Gasteiger partial charge in [0.2, 0.25) is 5.91 Å². The second kappa shape index (κ2) is 8.99. The molecule has 6 nitrogen and oxygen atoms in total. The van der Waals surface area contributed by atoms with Crippen LogP contribution in [0.15, 0.2) is 40.9 Å². The van der Waals surface area contributed by atoms with Crippen LogP contribution in [0.4, 0.5) is 0 Å². The van der Waals surface area contributed by atoms with Crippen LogP contribution in [0.3, 0.4) is 0 Å². The maximum absolute atomic E-state index is 12.6. The van der Waals surface area contributed by atoms with E-state index in [-0.39, 0.29) is 11.9 Å². The van der Waals surface area contributed by atoms with Gasteiger partial charge >= 0.3 is 5.97 Å². The Balaban J connectivity index is 1.25. The monoisotopic (exact) mass is 467 g/mol. The van der Waals surface area contributed by atoms with E-state index in [9.17, 15) is 9.59 Å². The molecule has 1 saturated heterocycles. The van der Waals surface area contributed by atoms with Gasteiger partial charge in [0.05, 0.1) is 17.5 Å². The molecule has 0 atom stereocenters. The van der Waals surface area contributed by atoms with Crippen molar-refractivity contribution >= 4 is 27.8 Å². The molecule has 2 aliphatic rings. The maximum atomic E-state index is 12.6. The number of amides is 1. The van der Waals surface area contributed by atoms with Crippen LogP contribution in [0.5, 0.6) is 0 Å². The summed E-state index contributed by atoms with van der Waals surface area (Å²) in [6, 6.07) is 13.5. The Morgan fingerprint density at radius 3 is 2.60 bits per heavy atom. The number of cyclic esters (lactones) is 1. The molecule has 4 rings (SSSR count). The Morgan fingerprint density at radius 1 is 1.10 bits per heavy atom. The number of piperazine rings is 1. The zero-order chi connectivity index (χ0) is 21.1. The van der Waals surface area contributed by atoms with Crippen molar-refractivity contribution in [2.24, 2.45) is 0 Å². The number of nitrogens with zero attached hydrogens (tertiary/aromatic N) is 3. The van der Waals surface area contributed by atoms with E-state index >= 15 is 0 Å². The zero-order valence-electron chi connectivity index (χ0n) is 16.6. The number of hydrogen-bond acceptors (Lipinski definition) is 5. The van der Waals surface area contributed by atoms with E-state index in [1.165, 1.54) is 5.56 Å². The Hall–Kier alpha value is -2.69. The minimum absolute atomic E-state index is 0.120. The number of rotatable bonds is 5. The van der Waals surface area contributed by atoms with Gasteiger partial charge in [-0.15, -0.1) is 0 Å². The van der Waals surface area contributed by atoms with Crippen LogP contribution < -0.4 is 0 Å². The van der Waals surface area contributed by atoms with Gasteiger partial charge in [-0.05, 0) is 51.7 Å². The molecule has 0 aromatic heterocycles. The third kappa shape index (κ3) is 4.55. The lowest BCUT2D eigenvalue weighted by molar-refractivity contribution is -0.132. The molecule has 30 heavy (non-hydrogen) atoms.